The molecule has 3 aromatic heterocycles. The van der Waals surface area contributed by atoms with Gasteiger partial charge in [-0.3, -0.25) is 14.2 Å². The van der Waals surface area contributed by atoms with Gasteiger partial charge in [-0.05, 0) is 41.5 Å². The van der Waals surface area contributed by atoms with Crippen molar-refractivity contribution in [3.05, 3.63) is 108 Å². The molecule has 160 valence electrons. The SMILES string of the molecule is CN(C)C(=O)c1ccc(-c2cnc3ncc(C4(c5ccc6ncccc6c5)C=C4)n3c2)cc1. The van der Waals surface area contributed by atoms with Gasteiger partial charge in [-0.1, -0.05) is 36.4 Å². The lowest BCUT2D eigenvalue weighted by molar-refractivity contribution is 0.0827. The normalized spacial score (nSPS) is 14.0. The molecule has 0 N–H and O–H groups in total. The third kappa shape index (κ3) is 3.10. The summed E-state index contributed by atoms with van der Waals surface area (Å²) in [6.07, 6.45) is 12.0. The zero-order valence-electron chi connectivity index (χ0n) is 18.3. The molecule has 2 aromatic carbocycles. The van der Waals surface area contributed by atoms with Crippen molar-refractivity contribution < 1.29 is 4.79 Å². The number of carbonyl (C=O) groups excluding carboxylic acids is 1. The maximum absolute atomic E-state index is 12.2. The Bertz CT molecular complexity index is 1560. The predicted octanol–water partition coefficient (Wildman–Crippen LogP) is 4.50. The van der Waals surface area contributed by atoms with Crippen molar-refractivity contribution in [2.24, 2.45) is 0 Å². The third-order valence-corrected chi connectivity index (χ3v) is 6.24. The number of pyridine rings is 1. The van der Waals surface area contributed by atoms with Gasteiger partial charge in [0.15, 0.2) is 0 Å². The molecule has 0 atom stereocenters. The Morgan fingerprint density at radius 2 is 1.70 bits per heavy atom. The van der Waals surface area contributed by atoms with Crippen LogP contribution in [0.2, 0.25) is 0 Å². The van der Waals surface area contributed by atoms with E-state index in [0.29, 0.717) is 11.3 Å². The van der Waals surface area contributed by atoms with E-state index < -0.39 is 0 Å². The maximum atomic E-state index is 12.2. The molecule has 1 aliphatic rings. The Labute approximate surface area is 190 Å². The van der Waals surface area contributed by atoms with Crippen LogP contribution < -0.4 is 0 Å². The molecule has 1 aliphatic carbocycles. The number of hydrogen-bond donors (Lipinski definition) is 0. The highest BCUT2D eigenvalue weighted by atomic mass is 16.2. The van der Waals surface area contributed by atoms with Crippen molar-refractivity contribution in [1.82, 2.24) is 24.3 Å². The van der Waals surface area contributed by atoms with Crippen LogP contribution in [-0.2, 0) is 5.41 Å². The molecule has 0 radical (unpaired) electrons. The molecule has 5 aromatic rings. The predicted molar refractivity (Wildman–Crippen MR) is 128 cm³/mol. The standard InChI is InChI=1S/C27H21N5O/c1-31(2)25(33)19-7-5-18(6-8-19)21-15-29-26-30-16-24(32(26)17-21)27(11-12-27)22-9-10-23-20(14-22)4-3-13-28-23/h3-17H,1-2H3. The van der Waals surface area contributed by atoms with Gasteiger partial charge in [0.05, 0.1) is 22.8 Å². The Kier molecular flexibility index (Phi) is 4.17. The summed E-state index contributed by atoms with van der Waals surface area (Å²) in [4.78, 5) is 27.4. The van der Waals surface area contributed by atoms with Crippen LogP contribution in [0.1, 0.15) is 21.6 Å². The minimum absolute atomic E-state index is 0.0145. The summed E-state index contributed by atoms with van der Waals surface area (Å²) in [5.74, 6) is 0.642. The summed E-state index contributed by atoms with van der Waals surface area (Å²) in [6, 6.07) is 18.0. The number of rotatable bonds is 4. The molecule has 0 fully saturated rings. The van der Waals surface area contributed by atoms with Crippen molar-refractivity contribution in [2.45, 2.75) is 5.41 Å². The zero-order chi connectivity index (χ0) is 22.6. The van der Waals surface area contributed by atoms with Crippen molar-refractivity contribution in [3.8, 4) is 11.1 Å². The van der Waals surface area contributed by atoms with Crippen LogP contribution in [0.4, 0.5) is 0 Å². The van der Waals surface area contributed by atoms with E-state index in [9.17, 15) is 4.79 Å². The number of nitrogens with zero attached hydrogens (tertiary/aromatic N) is 5. The Morgan fingerprint density at radius 1 is 0.909 bits per heavy atom. The summed E-state index contributed by atoms with van der Waals surface area (Å²) < 4.78 is 2.06. The van der Waals surface area contributed by atoms with Gasteiger partial charge in [-0.25, -0.2) is 9.97 Å². The fourth-order valence-electron chi connectivity index (χ4n) is 4.32. The third-order valence-electron chi connectivity index (χ3n) is 6.24. The second-order valence-electron chi connectivity index (χ2n) is 8.55. The number of amides is 1. The molecule has 1 amide bonds. The second-order valence-corrected chi connectivity index (χ2v) is 8.55. The topological polar surface area (TPSA) is 63.4 Å². The molecule has 0 unspecified atom stereocenters. The van der Waals surface area contributed by atoms with E-state index in [2.05, 4.69) is 62.0 Å². The number of carbonyl (C=O) groups is 1. The van der Waals surface area contributed by atoms with E-state index in [4.69, 9.17) is 0 Å². The van der Waals surface area contributed by atoms with Crippen LogP contribution >= 0.6 is 0 Å². The number of aromatic nitrogens is 4. The van der Waals surface area contributed by atoms with Crippen molar-refractivity contribution in [3.63, 3.8) is 0 Å². The minimum Gasteiger partial charge on any atom is -0.345 e. The molecular weight excluding hydrogens is 410 g/mol. The fraction of sp³-hybridized carbons (Fsp3) is 0.111. The zero-order valence-corrected chi connectivity index (χ0v) is 18.3. The lowest BCUT2D eigenvalue weighted by atomic mass is 9.89. The van der Waals surface area contributed by atoms with Gasteiger partial charge in [-0.15, -0.1) is 0 Å². The van der Waals surface area contributed by atoms with E-state index in [1.807, 2.05) is 48.9 Å². The fourth-order valence-corrected chi connectivity index (χ4v) is 4.32. The molecule has 3 heterocycles. The van der Waals surface area contributed by atoms with Gasteiger partial charge in [-0.2, -0.15) is 0 Å². The van der Waals surface area contributed by atoms with Gasteiger partial charge in [0.25, 0.3) is 5.91 Å². The molecule has 0 aliphatic heterocycles. The highest BCUT2D eigenvalue weighted by Crippen LogP contribution is 2.45. The number of allylic oxidation sites excluding steroid dienone is 2. The van der Waals surface area contributed by atoms with Crippen molar-refractivity contribution >= 4 is 22.6 Å². The lowest BCUT2D eigenvalue weighted by Crippen LogP contribution is -2.21. The first-order valence-electron chi connectivity index (χ1n) is 10.8. The van der Waals surface area contributed by atoms with E-state index >= 15 is 0 Å². The Balaban J connectivity index is 1.41. The average molecular weight is 431 g/mol. The van der Waals surface area contributed by atoms with E-state index in [1.54, 1.807) is 19.0 Å². The monoisotopic (exact) mass is 431 g/mol. The lowest BCUT2D eigenvalue weighted by Gasteiger charge is -2.17. The second kappa shape index (κ2) is 7.10. The summed E-state index contributed by atoms with van der Waals surface area (Å²) in [5.41, 5.74) is 5.53. The highest BCUT2D eigenvalue weighted by molar-refractivity contribution is 5.94. The van der Waals surface area contributed by atoms with Gasteiger partial charge >= 0.3 is 0 Å². The highest BCUT2D eigenvalue weighted by Gasteiger charge is 2.41. The minimum atomic E-state index is -0.300. The molecular formula is C27H21N5O. The van der Waals surface area contributed by atoms with Crippen LogP contribution in [0.25, 0.3) is 27.8 Å². The summed E-state index contributed by atoms with van der Waals surface area (Å²) in [6.45, 7) is 0. The first kappa shape index (κ1) is 19.4. The van der Waals surface area contributed by atoms with Gasteiger partial charge in [0, 0.05) is 49.2 Å². The van der Waals surface area contributed by atoms with Crippen LogP contribution in [0.15, 0.2) is 91.5 Å². The van der Waals surface area contributed by atoms with E-state index in [1.165, 1.54) is 5.56 Å². The average Bonchev–Trinajstić information content (AvgIpc) is 3.55. The first-order chi connectivity index (χ1) is 16.0. The number of imidazole rings is 1. The summed E-state index contributed by atoms with van der Waals surface area (Å²) >= 11 is 0. The Morgan fingerprint density at radius 3 is 2.45 bits per heavy atom. The van der Waals surface area contributed by atoms with Crippen LogP contribution in [0.5, 0.6) is 0 Å². The molecule has 0 saturated heterocycles. The molecule has 6 heteroatoms. The van der Waals surface area contributed by atoms with E-state index in [-0.39, 0.29) is 11.3 Å². The van der Waals surface area contributed by atoms with Crippen LogP contribution in [0, 0.1) is 0 Å². The van der Waals surface area contributed by atoms with Crippen LogP contribution in [-0.4, -0.2) is 44.3 Å². The van der Waals surface area contributed by atoms with Gasteiger partial charge in [0.1, 0.15) is 0 Å². The molecule has 6 nitrogen and oxygen atoms in total. The van der Waals surface area contributed by atoms with Crippen molar-refractivity contribution in [1.29, 1.82) is 0 Å². The van der Waals surface area contributed by atoms with Crippen molar-refractivity contribution in [2.75, 3.05) is 14.1 Å². The quantitative estimate of drug-likeness (QED) is 0.393. The first-order valence-corrected chi connectivity index (χ1v) is 10.8. The van der Waals surface area contributed by atoms with Gasteiger partial charge < -0.3 is 4.90 Å². The van der Waals surface area contributed by atoms with E-state index in [0.717, 1.165) is 27.7 Å². The number of benzene rings is 2. The molecule has 0 saturated carbocycles. The molecule has 0 bridgehead atoms. The smallest absolute Gasteiger partial charge is 0.253 e. The largest absolute Gasteiger partial charge is 0.345 e. The van der Waals surface area contributed by atoms with Crippen LogP contribution in [0.3, 0.4) is 0 Å². The maximum Gasteiger partial charge on any atom is 0.253 e. The number of hydrogen-bond acceptors (Lipinski definition) is 4. The number of fused-ring (bicyclic) bond motifs is 2. The molecule has 0 spiro atoms. The van der Waals surface area contributed by atoms with Gasteiger partial charge in [0.2, 0.25) is 5.78 Å². The molecule has 33 heavy (non-hydrogen) atoms. The summed E-state index contributed by atoms with van der Waals surface area (Å²) in [5, 5.41) is 1.11. The summed E-state index contributed by atoms with van der Waals surface area (Å²) in [7, 11) is 3.50. The Hall–Kier alpha value is -4.32. The molecule has 6 rings (SSSR count).